The molecule has 2 nitrogen and oxygen atoms in total. The molecule has 9 aromatic carbocycles. The van der Waals surface area contributed by atoms with Gasteiger partial charge in [0.1, 0.15) is 11.0 Å². The normalized spacial score (nSPS) is 21.2. The van der Waals surface area contributed by atoms with Crippen molar-refractivity contribution in [2.45, 2.75) is 294 Å². The Balaban J connectivity index is 0.759. The van der Waals surface area contributed by atoms with E-state index < -0.39 is 5.41 Å². The second kappa shape index (κ2) is 22.4. The molecule has 0 fully saturated rings. The van der Waals surface area contributed by atoms with Gasteiger partial charge in [-0.2, -0.15) is 8.75 Å². The van der Waals surface area contributed by atoms with Gasteiger partial charge in [0.2, 0.25) is 0 Å². The van der Waals surface area contributed by atoms with E-state index in [-0.39, 0.29) is 65.0 Å². The summed E-state index contributed by atoms with van der Waals surface area (Å²) >= 11 is 1.34. The maximum Gasteiger partial charge on any atom is 0.108 e. The van der Waals surface area contributed by atoms with Gasteiger partial charge in [0.25, 0.3) is 0 Å². The molecule has 1 heterocycles. The third kappa shape index (κ3) is 9.59. The summed E-state index contributed by atoms with van der Waals surface area (Å²) < 4.78 is 9.89. The Morgan fingerprint density at radius 3 is 1.13 bits per heavy atom. The lowest BCUT2D eigenvalue weighted by Crippen LogP contribution is -2.47. The highest BCUT2D eigenvalue weighted by Crippen LogP contribution is 2.67. The second-order valence-electron chi connectivity index (χ2n) is 40.1. The van der Waals surface area contributed by atoms with Crippen LogP contribution in [0.2, 0.25) is 0 Å². The van der Waals surface area contributed by atoms with Crippen molar-refractivity contribution in [2.24, 2.45) is 0 Å². The Bertz CT molecular complexity index is 5170. The maximum absolute atomic E-state index is 4.99. The Morgan fingerprint density at radius 1 is 0.330 bits per heavy atom. The van der Waals surface area contributed by atoms with Gasteiger partial charge >= 0.3 is 0 Å². The molecule has 0 aliphatic heterocycles. The smallest absolute Gasteiger partial charge is 0.108 e. The number of nitrogens with zero attached hydrogens (tertiary/aromatic N) is 2. The summed E-state index contributed by atoms with van der Waals surface area (Å²) in [5.41, 5.74) is 36.4. The molecule has 16 rings (SSSR count). The number of benzene rings is 9. The summed E-state index contributed by atoms with van der Waals surface area (Å²) in [6, 6.07) is 66.2. The fourth-order valence-corrected chi connectivity index (χ4v) is 22.5. The van der Waals surface area contributed by atoms with Crippen molar-refractivity contribution in [2.75, 3.05) is 0 Å². The van der Waals surface area contributed by atoms with Gasteiger partial charge in [-0.15, -0.1) is 0 Å². The standard InChI is InChI=1S/C100H116N2S/c1-25-26-27-28-29-30-49-98(23)80-55-65(94(15,16)93(13,14)63-34-42-68-69-43-35-64(54-79(69)92(11,12)78(68)53-63)95(17,18)97(21,22)77-48-47-76(88(2,3)4)86-87(77)102-103-101-86)36-44-70(80)71-45-37-66(56-81(71)98)96(19,20)99(24)59-91(9,10)62-33-41-73-72-39-31-60-50-82(72)100(84(73)52-62)83-51-61(90(7,8)58-89(60,5)6)32-40-74(83)75-46-38-67(99)57-85(75)100/h31-48,50-57H,25-30,49,58-59H2,1-24H3. The Labute approximate surface area is 624 Å². The molecular formula is C100H116N2S. The quantitative estimate of drug-likeness (QED) is 0.0956. The first-order valence-electron chi connectivity index (χ1n) is 39.6. The molecule has 3 unspecified atom stereocenters. The lowest BCUT2D eigenvalue weighted by molar-refractivity contribution is 0.210. The fraction of sp³-hybridized carbons (Fsp3) is 0.460. The van der Waals surface area contributed by atoms with Gasteiger partial charge in [0.05, 0.1) is 17.1 Å². The molecule has 532 valence electrons. The summed E-state index contributed by atoms with van der Waals surface area (Å²) in [7, 11) is 0. The highest BCUT2D eigenvalue weighted by atomic mass is 32.1. The van der Waals surface area contributed by atoms with Crippen LogP contribution in [0.5, 0.6) is 0 Å². The van der Waals surface area contributed by atoms with Crippen molar-refractivity contribution in [3.63, 3.8) is 0 Å². The van der Waals surface area contributed by atoms with E-state index in [2.05, 4.69) is 324 Å². The minimum atomic E-state index is -0.433. The number of rotatable bonds is 15. The zero-order chi connectivity index (χ0) is 73.5. The third-order valence-corrected chi connectivity index (χ3v) is 31.0. The van der Waals surface area contributed by atoms with Crippen LogP contribution in [-0.2, 0) is 70.4 Å². The van der Waals surface area contributed by atoms with Crippen molar-refractivity contribution >= 4 is 22.8 Å². The van der Waals surface area contributed by atoms with Gasteiger partial charge < -0.3 is 0 Å². The molecule has 0 N–H and O–H groups in total. The molecule has 1 aromatic heterocycles. The highest BCUT2D eigenvalue weighted by Gasteiger charge is 2.57. The first-order chi connectivity index (χ1) is 48.1. The molecule has 10 aromatic rings. The van der Waals surface area contributed by atoms with E-state index >= 15 is 0 Å². The largest absolute Gasteiger partial charge is 0.173 e. The summed E-state index contributed by atoms with van der Waals surface area (Å²) in [5, 5.41) is 0. The summed E-state index contributed by atoms with van der Waals surface area (Å²) in [5.74, 6) is 0. The molecule has 6 aliphatic carbocycles. The van der Waals surface area contributed by atoms with Gasteiger partial charge in [-0.05, 0) is 207 Å². The highest BCUT2D eigenvalue weighted by molar-refractivity contribution is 7.00. The third-order valence-electron chi connectivity index (χ3n) is 30.4. The van der Waals surface area contributed by atoms with Crippen LogP contribution in [0.15, 0.2) is 158 Å². The lowest BCUT2D eigenvalue weighted by atomic mass is 9.53. The van der Waals surface area contributed by atoms with Gasteiger partial charge in [-0.3, -0.25) is 0 Å². The number of hydrogen-bond donors (Lipinski definition) is 0. The average Bonchev–Trinajstić information content (AvgIpc) is 1.50. The predicted molar refractivity (Wildman–Crippen MR) is 440 cm³/mol. The van der Waals surface area contributed by atoms with Crippen molar-refractivity contribution in [3.8, 4) is 44.5 Å². The molecule has 3 heteroatoms. The zero-order valence-corrected chi connectivity index (χ0v) is 68.0. The molecule has 6 aliphatic rings. The predicted octanol–water partition coefficient (Wildman–Crippen LogP) is 27.1. The summed E-state index contributed by atoms with van der Waals surface area (Å²) in [4.78, 5) is 0. The second-order valence-corrected chi connectivity index (χ2v) is 40.7. The van der Waals surface area contributed by atoms with Crippen molar-refractivity contribution in [1.82, 2.24) is 8.75 Å². The minimum absolute atomic E-state index is 0.0226. The van der Waals surface area contributed by atoms with Crippen LogP contribution in [0.4, 0.5) is 0 Å². The number of unbranched alkanes of at least 4 members (excludes halogenated alkanes) is 5. The van der Waals surface area contributed by atoms with Gasteiger partial charge in [0, 0.05) is 21.7 Å². The maximum atomic E-state index is 4.99. The molecule has 0 amide bonds. The fourth-order valence-electron chi connectivity index (χ4n) is 22.0. The molecule has 1 spiro atoms. The minimum Gasteiger partial charge on any atom is -0.173 e. The van der Waals surface area contributed by atoms with Crippen LogP contribution < -0.4 is 0 Å². The topological polar surface area (TPSA) is 25.8 Å². The van der Waals surface area contributed by atoms with Crippen molar-refractivity contribution in [1.29, 1.82) is 0 Å². The van der Waals surface area contributed by atoms with Crippen LogP contribution in [0.25, 0.3) is 55.5 Å². The molecule has 0 saturated heterocycles. The van der Waals surface area contributed by atoms with Gasteiger partial charge in [-0.25, -0.2) is 0 Å². The molecule has 103 heavy (non-hydrogen) atoms. The van der Waals surface area contributed by atoms with E-state index in [1.54, 1.807) is 0 Å². The summed E-state index contributed by atoms with van der Waals surface area (Å²) in [6.07, 6.45) is 10.9. The zero-order valence-electron chi connectivity index (χ0n) is 67.2. The van der Waals surface area contributed by atoms with Crippen molar-refractivity contribution < 1.29 is 0 Å². The van der Waals surface area contributed by atoms with Crippen LogP contribution in [0.1, 0.15) is 324 Å². The first kappa shape index (κ1) is 70.1. The molecular weight excluding hydrogens is 1260 g/mol. The van der Waals surface area contributed by atoms with Crippen molar-refractivity contribution in [3.05, 3.63) is 258 Å². The number of fused-ring (bicyclic) bond motifs is 13. The van der Waals surface area contributed by atoms with E-state index in [1.165, 1.54) is 195 Å². The Morgan fingerprint density at radius 2 is 0.670 bits per heavy atom. The van der Waals surface area contributed by atoms with Gasteiger partial charge in [-0.1, -0.05) is 362 Å². The average molecular weight is 1380 g/mol. The monoisotopic (exact) mass is 1380 g/mol. The number of hydrogen-bond acceptors (Lipinski definition) is 3. The van der Waals surface area contributed by atoms with E-state index in [4.69, 9.17) is 8.75 Å². The van der Waals surface area contributed by atoms with E-state index in [0.29, 0.717) is 0 Å². The van der Waals surface area contributed by atoms with Crippen LogP contribution in [0.3, 0.4) is 0 Å². The van der Waals surface area contributed by atoms with Gasteiger partial charge in [0.15, 0.2) is 0 Å². The van der Waals surface area contributed by atoms with Crippen LogP contribution in [0, 0.1) is 0 Å². The molecule has 3 atom stereocenters. The Hall–Kier alpha value is -7.20. The molecule has 0 saturated carbocycles. The van der Waals surface area contributed by atoms with Crippen LogP contribution in [-0.4, -0.2) is 8.75 Å². The van der Waals surface area contributed by atoms with E-state index in [1.807, 2.05) is 0 Å². The summed E-state index contributed by atoms with van der Waals surface area (Å²) in [6.45, 7) is 59.5. The SMILES string of the molecule is CCCCCCCCC1(C)c2cc(C(C)(C)C(C)(C)c3ccc4c(c3)C(C)(C)c3cc(C(C)(C)C(C)(C)c5ccc(C(C)(C)C)c6nsnc56)ccc3-4)ccc2-c2ccc(C(C)(C)C3(C)CC(C)(C)c4ccc5c(c4)C46c7cc(ccc7-5)C(C)(C)CC(C)(C)c5ccc(c4c5)-c4ccc3cc46)cc21. The number of aromatic nitrogens is 2. The lowest BCUT2D eigenvalue weighted by Gasteiger charge is -2.50. The molecule has 8 bridgehead atoms. The van der Waals surface area contributed by atoms with E-state index in [0.717, 1.165) is 30.3 Å². The van der Waals surface area contributed by atoms with E-state index in [9.17, 15) is 0 Å². The first-order valence-corrected chi connectivity index (χ1v) is 40.3. The Kier molecular flexibility index (Phi) is 15.3. The van der Waals surface area contributed by atoms with Crippen LogP contribution >= 0.6 is 11.7 Å². The molecule has 0 radical (unpaired) electrons.